The zero-order valence-electron chi connectivity index (χ0n) is 48.1. The van der Waals surface area contributed by atoms with E-state index in [1.165, 1.54) is 42.2 Å². The summed E-state index contributed by atoms with van der Waals surface area (Å²) in [6, 6.07) is 42.0. The first-order chi connectivity index (χ1) is 42.6. The number of pyridine rings is 1. The summed E-state index contributed by atoms with van der Waals surface area (Å²) >= 11 is 2.51. The highest BCUT2D eigenvalue weighted by molar-refractivity contribution is 8.00. The average molecular weight is 1350 g/mol. The maximum atomic E-state index is 16.6. The molecule has 2 N–H and O–H groups in total. The molecule has 24 heteroatoms. The van der Waals surface area contributed by atoms with Crippen LogP contribution in [0.3, 0.4) is 0 Å². The van der Waals surface area contributed by atoms with Crippen molar-refractivity contribution in [3.8, 4) is 17.2 Å². The third-order valence-electron chi connectivity index (χ3n) is 14.1. The van der Waals surface area contributed by atoms with Crippen LogP contribution in [0.2, 0.25) is 0 Å². The van der Waals surface area contributed by atoms with E-state index >= 15 is 8.78 Å². The van der Waals surface area contributed by atoms with Gasteiger partial charge in [-0.3, -0.25) is 14.5 Å². The Kier molecular flexibility index (Phi) is 22.7. The Morgan fingerprint density at radius 3 is 2.07 bits per heavy atom. The molecule has 0 spiro atoms. The van der Waals surface area contributed by atoms with Crippen LogP contribution in [0, 0.1) is 11.6 Å². The van der Waals surface area contributed by atoms with Crippen molar-refractivity contribution >= 4 is 57.4 Å². The van der Waals surface area contributed by atoms with E-state index in [0.717, 1.165) is 28.4 Å². The van der Waals surface area contributed by atoms with Crippen LogP contribution in [0.25, 0.3) is 5.65 Å². The predicted molar refractivity (Wildman–Crippen MR) is 321 cm³/mol. The number of carbonyl (C=O) groups excluding carboxylic acids is 3. The molecule has 10 rings (SSSR count). The minimum Gasteiger partial charge on any atom is -1.00 e. The number of oxime groups is 1. The first-order valence-corrected chi connectivity index (χ1v) is 29.5. The number of fused-ring (bicyclic) bond motifs is 2. The Labute approximate surface area is 531 Å². The number of thiazole rings is 1. The fourth-order valence-electron chi connectivity index (χ4n) is 9.78. The quantitative estimate of drug-likeness (QED) is 0.00617. The molecule has 2 aliphatic rings. The maximum Gasteiger partial charge on any atom is 0.355 e. The lowest BCUT2D eigenvalue weighted by Crippen LogP contribution is -3.00. The second kappa shape index (κ2) is 31.1. The molecule has 0 aliphatic carbocycles. The molecule has 2 aliphatic heterocycles. The fourth-order valence-corrected chi connectivity index (χ4v) is 11.8. The fraction of sp³-hybridized carbons (Fsp3) is 0.250. The van der Waals surface area contributed by atoms with Crippen LogP contribution in [0.15, 0.2) is 192 Å². The summed E-state index contributed by atoms with van der Waals surface area (Å²) in [6.45, 7) is -0.724. The van der Waals surface area contributed by atoms with Gasteiger partial charge in [0.25, 0.3) is 17.5 Å². The second-order valence-electron chi connectivity index (χ2n) is 19.5. The number of benzene rings is 5. The van der Waals surface area contributed by atoms with E-state index in [4.69, 9.17) is 47.7 Å². The summed E-state index contributed by atoms with van der Waals surface area (Å²) in [7, 11) is 4.52. The summed E-state index contributed by atoms with van der Waals surface area (Å²) in [5.74, 6) is -4.69. The molecule has 2 amide bonds. The van der Waals surface area contributed by atoms with Crippen LogP contribution in [-0.2, 0) is 68.2 Å². The number of ether oxygens (including phenoxy) is 8. The van der Waals surface area contributed by atoms with Crippen LogP contribution >= 0.6 is 23.1 Å². The summed E-state index contributed by atoms with van der Waals surface area (Å²) in [5.41, 5.74) is 3.05. The van der Waals surface area contributed by atoms with Gasteiger partial charge >= 0.3 is 5.97 Å². The van der Waals surface area contributed by atoms with Crippen LogP contribution in [0.4, 0.5) is 13.9 Å². The molecule has 2 unspecified atom stereocenters. The first kappa shape index (κ1) is 64.2. The van der Waals surface area contributed by atoms with E-state index in [2.05, 4.69) is 15.8 Å². The SMILES string of the molecule is COCCOCOc1c(F)cc(CON=C(C(=O)NC2C(=O)N3C(C(=O)OCc4ccc(OC)cc4)=C(C=CC[n+]4ccn5ccccc54)CSC23)c2csc(NC(c3ccccc3)(c3ccccc3)c3ccccc3)n2)c(F)c1OCOCCOC.[I-]. The van der Waals surface area contributed by atoms with Crippen molar-refractivity contribution in [3.63, 3.8) is 0 Å². The van der Waals surface area contributed by atoms with Crippen LogP contribution in [-0.4, -0.2) is 116 Å². The third kappa shape index (κ3) is 14.8. The predicted octanol–water partition coefficient (Wildman–Crippen LogP) is 5.95. The molecule has 0 saturated carbocycles. The minimum absolute atomic E-state index is 0. The molecule has 5 heterocycles. The zero-order valence-corrected chi connectivity index (χ0v) is 51.8. The number of nitrogens with one attached hydrogen (secondary N) is 2. The van der Waals surface area contributed by atoms with Crippen molar-refractivity contribution in [1.29, 1.82) is 0 Å². The molecule has 5 aromatic carbocycles. The van der Waals surface area contributed by atoms with E-state index in [1.54, 1.807) is 36.8 Å². The van der Waals surface area contributed by atoms with E-state index in [-0.39, 0.29) is 79.7 Å². The van der Waals surface area contributed by atoms with Gasteiger partial charge in [0.1, 0.15) is 66.2 Å². The van der Waals surface area contributed by atoms with Gasteiger partial charge in [0, 0.05) is 37.0 Å². The monoisotopic (exact) mass is 1350 g/mol. The van der Waals surface area contributed by atoms with Crippen LogP contribution in [0.5, 0.6) is 17.2 Å². The molecular weight excluding hydrogens is 1290 g/mol. The molecule has 1 fully saturated rings. The number of thioether (sulfide) groups is 1. The number of carbonyl (C=O) groups is 3. The summed E-state index contributed by atoms with van der Waals surface area (Å²) in [4.78, 5) is 56.0. The maximum absolute atomic E-state index is 16.6. The number of anilines is 1. The smallest absolute Gasteiger partial charge is 0.355 e. The molecular formula is C64H62F2IN7O12S2. The lowest BCUT2D eigenvalue weighted by molar-refractivity contribution is -0.660. The number of imidazole rings is 1. The molecule has 2 atom stereocenters. The molecule has 19 nitrogen and oxygen atoms in total. The van der Waals surface area contributed by atoms with E-state index in [1.807, 2.05) is 149 Å². The Morgan fingerprint density at radius 1 is 0.795 bits per heavy atom. The van der Waals surface area contributed by atoms with E-state index in [9.17, 15) is 14.4 Å². The van der Waals surface area contributed by atoms with Crippen LogP contribution < -0.4 is 53.4 Å². The second-order valence-corrected chi connectivity index (χ2v) is 21.5. The minimum atomic E-state index is -1.19. The molecule has 458 valence electrons. The third-order valence-corrected chi connectivity index (χ3v) is 16.2. The number of β-lactam (4-membered cyclic amide) rings is 1. The molecule has 1 saturated heterocycles. The topological polar surface area (TPSA) is 195 Å². The van der Waals surface area contributed by atoms with Crippen molar-refractivity contribution in [3.05, 3.63) is 232 Å². The number of amides is 2. The summed E-state index contributed by atoms with van der Waals surface area (Å²) in [5, 5.41) is 12.0. The number of hydrogen-bond acceptors (Lipinski definition) is 17. The lowest BCUT2D eigenvalue weighted by atomic mass is 9.77. The normalized spacial score (nSPS) is 14.9. The van der Waals surface area contributed by atoms with Gasteiger partial charge in [0.2, 0.25) is 11.5 Å². The Balaban J connectivity index is 0.00000922. The van der Waals surface area contributed by atoms with Crippen molar-refractivity contribution in [2.75, 3.05) is 72.4 Å². The van der Waals surface area contributed by atoms with Gasteiger partial charge in [-0.15, -0.1) is 23.1 Å². The van der Waals surface area contributed by atoms with Gasteiger partial charge in [-0.1, -0.05) is 120 Å². The molecule has 8 aromatic rings. The largest absolute Gasteiger partial charge is 1.00 e. The van der Waals surface area contributed by atoms with Crippen molar-refractivity contribution in [1.82, 2.24) is 19.6 Å². The highest BCUT2D eigenvalue weighted by Crippen LogP contribution is 2.43. The standard InChI is InChI=1S/C64H61F2N7O12S2.HI/c1-77-32-34-80-41-83-57-50(65)36-45(53(66)58(57)84-42-81-35-33-78-2)38-85-70-54(51-40-87-63(67-51)69-64(46-17-7-4-8-18-46,47-19-9-5-10-20-47)48-21-11-6-12-22-48)59(74)68-55-60(75)73-56(62(76)82-37-43-24-26-49(79-3)27-25-43)44(39-86-61(55)73)16-15-29-72-31-30-71-28-14-13-23-52(71)72;/h4-28,30-31,36,40,55,61H,29,32-35,37-39,41-42H2,1-3H3,(H-,67,68,69,74);1H. The highest BCUT2D eigenvalue weighted by Gasteiger charge is 2.54. The number of hydrogen-bond donors (Lipinski definition) is 2. The Morgan fingerprint density at radius 2 is 1.43 bits per heavy atom. The van der Waals surface area contributed by atoms with Gasteiger partial charge in [0.15, 0.2) is 36.1 Å². The Hall–Kier alpha value is -8.24. The molecule has 3 aromatic heterocycles. The number of rotatable bonds is 30. The van der Waals surface area contributed by atoms with Gasteiger partial charge in [-0.2, -0.15) is 0 Å². The first-order valence-electron chi connectivity index (χ1n) is 27.5. The molecule has 88 heavy (non-hydrogen) atoms. The Bertz CT molecular complexity index is 3650. The number of esters is 1. The number of methoxy groups -OCH3 is 3. The van der Waals surface area contributed by atoms with Crippen molar-refractivity contribution < 1.29 is 94.4 Å². The number of nitrogens with zero attached hydrogens (tertiary/aromatic N) is 5. The summed E-state index contributed by atoms with van der Waals surface area (Å²) < 4.78 is 79.6. The summed E-state index contributed by atoms with van der Waals surface area (Å²) in [6.07, 6.45) is 9.54. The molecule has 0 bridgehead atoms. The molecule has 0 radical (unpaired) electrons. The van der Waals surface area contributed by atoms with Crippen molar-refractivity contribution in [2.24, 2.45) is 5.16 Å². The van der Waals surface area contributed by atoms with E-state index < -0.39 is 83.8 Å². The van der Waals surface area contributed by atoms with Crippen molar-refractivity contribution in [2.45, 2.75) is 36.7 Å². The van der Waals surface area contributed by atoms with Crippen LogP contribution in [0.1, 0.15) is 33.5 Å². The number of aromatic nitrogens is 3. The van der Waals surface area contributed by atoms with E-state index in [0.29, 0.717) is 28.6 Å². The number of halogens is 3. The van der Waals surface area contributed by atoms with Gasteiger partial charge in [-0.25, -0.2) is 27.5 Å². The van der Waals surface area contributed by atoms with Gasteiger partial charge in [-0.05, 0) is 58.2 Å². The number of allylic oxidation sites excluding steroid dienone is 2. The zero-order chi connectivity index (χ0) is 60.5. The highest BCUT2D eigenvalue weighted by atomic mass is 127. The van der Waals surface area contributed by atoms with Gasteiger partial charge in [0.05, 0.1) is 39.7 Å². The van der Waals surface area contributed by atoms with Gasteiger partial charge < -0.3 is 77.3 Å². The lowest BCUT2D eigenvalue weighted by Gasteiger charge is -2.49. The average Bonchev–Trinajstić information content (AvgIpc) is 0.984.